The van der Waals surface area contributed by atoms with E-state index in [1.165, 1.54) is 5.56 Å². The molecular weight excluding hydrogens is 260 g/mol. The van der Waals surface area contributed by atoms with Gasteiger partial charge >= 0.3 is 0 Å². The fourth-order valence-corrected chi connectivity index (χ4v) is 1.86. The average Bonchev–Trinajstić information content (AvgIpc) is 2.36. The highest BCUT2D eigenvalue weighted by atomic mass is 35.5. The SMILES string of the molecule is Cc1nc(Cl)c(Oc2ccc(C(C)C)cc2)nc1C. The Kier molecular flexibility index (Phi) is 4.05. The van der Waals surface area contributed by atoms with Crippen LogP contribution in [0.15, 0.2) is 24.3 Å². The number of nitrogens with zero attached hydrogens (tertiary/aromatic N) is 2. The maximum absolute atomic E-state index is 6.03. The van der Waals surface area contributed by atoms with E-state index in [0.717, 1.165) is 11.4 Å². The molecule has 0 fully saturated rings. The Bertz CT molecular complexity index is 579. The van der Waals surface area contributed by atoms with Crippen LogP contribution in [0.3, 0.4) is 0 Å². The van der Waals surface area contributed by atoms with Crippen molar-refractivity contribution < 1.29 is 4.74 Å². The monoisotopic (exact) mass is 276 g/mol. The second-order valence-corrected chi connectivity index (χ2v) is 5.17. The highest BCUT2D eigenvalue weighted by Gasteiger charge is 2.09. The van der Waals surface area contributed by atoms with E-state index in [4.69, 9.17) is 16.3 Å². The summed E-state index contributed by atoms with van der Waals surface area (Å²) in [5.74, 6) is 1.56. The summed E-state index contributed by atoms with van der Waals surface area (Å²) in [6.07, 6.45) is 0. The largest absolute Gasteiger partial charge is 0.436 e. The van der Waals surface area contributed by atoms with Crippen LogP contribution in [0.1, 0.15) is 36.7 Å². The number of aryl methyl sites for hydroxylation is 2. The van der Waals surface area contributed by atoms with Crippen molar-refractivity contribution in [2.24, 2.45) is 0 Å². The molecule has 1 aromatic carbocycles. The molecule has 0 spiro atoms. The normalized spacial score (nSPS) is 10.8. The summed E-state index contributed by atoms with van der Waals surface area (Å²) in [7, 11) is 0. The van der Waals surface area contributed by atoms with Gasteiger partial charge in [0.25, 0.3) is 5.88 Å². The van der Waals surface area contributed by atoms with Crippen molar-refractivity contribution in [2.45, 2.75) is 33.6 Å². The highest BCUT2D eigenvalue weighted by Crippen LogP contribution is 2.27. The van der Waals surface area contributed by atoms with Crippen molar-refractivity contribution in [2.75, 3.05) is 0 Å². The van der Waals surface area contributed by atoms with Crippen molar-refractivity contribution in [3.05, 3.63) is 46.4 Å². The summed E-state index contributed by atoms with van der Waals surface area (Å²) in [5, 5.41) is 0.288. The van der Waals surface area contributed by atoms with Crippen LogP contribution in [0.25, 0.3) is 0 Å². The summed E-state index contributed by atoms with van der Waals surface area (Å²) in [6, 6.07) is 7.93. The number of hydrogen-bond acceptors (Lipinski definition) is 3. The molecule has 0 aliphatic heterocycles. The predicted molar refractivity (Wildman–Crippen MR) is 77.1 cm³/mol. The molecule has 0 saturated heterocycles. The van der Waals surface area contributed by atoms with Gasteiger partial charge in [0.15, 0.2) is 5.15 Å². The fourth-order valence-electron chi connectivity index (χ4n) is 1.65. The number of ether oxygens (including phenoxy) is 1. The van der Waals surface area contributed by atoms with Crippen LogP contribution in [0.4, 0.5) is 0 Å². The zero-order valence-electron chi connectivity index (χ0n) is 11.6. The van der Waals surface area contributed by atoms with E-state index in [-0.39, 0.29) is 5.15 Å². The molecule has 0 amide bonds. The minimum atomic E-state index is 0.288. The highest BCUT2D eigenvalue weighted by molar-refractivity contribution is 6.30. The van der Waals surface area contributed by atoms with Crippen LogP contribution >= 0.6 is 11.6 Å². The van der Waals surface area contributed by atoms with E-state index >= 15 is 0 Å². The molecule has 1 heterocycles. The molecule has 2 aromatic rings. The zero-order chi connectivity index (χ0) is 14.0. The van der Waals surface area contributed by atoms with Gasteiger partial charge in [-0.2, -0.15) is 0 Å². The molecule has 0 atom stereocenters. The van der Waals surface area contributed by atoms with E-state index in [0.29, 0.717) is 17.5 Å². The van der Waals surface area contributed by atoms with Crippen LogP contribution < -0.4 is 4.74 Å². The Morgan fingerprint density at radius 2 is 1.58 bits per heavy atom. The minimum Gasteiger partial charge on any atom is -0.436 e. The van der Waals surface area contributed by atoms with Crippen LogP contribution in [-0.2, 0) is 0 Å². The lowest BCUT2D eigenvalue weighted by Crippen LogP contribution is -1.97. The second kappa shape index (κ2) is 5.57. The van der Waals surface area contributed by atoms with Crippen molar-refractivity contribution >= 4 is 11.6 Å². The molecule has 1 aromatic heterocycles. The van der Waals surface area contributed by atoms with Gasteiger partial charge in [-0.1, -0.05) is 37.6 Å². The molecular formula is C15H17ClN2O. The molecule has 19 heavy (non-hydrogen) atoms. The second-order valence-electron chi connectivity index (χ2n) is 4.82. The minimum absolute atomic E-state index is 0.288. The standard InChI is InChI=1S/C15H17ClN2O/c1-9(2)12-5-7-13(8-6-12)19-15-14(16)17-10(3)11(4)18-15/h5-9H,1-4H3. The first-order valence-electron chi connectivity index (χ1n) is 6.26. The Balaban J connectivity index is 2.24. The maximum Gasteiger partial charge on any atom is 0.257 e. The van der Waals surface area contributed by atoms with Crippen molar-refractivity contribution in [1.82, 2.24) is 9.97 Å². The van der Waals surface area contributed by atoms with Gasteiger partial charge in [-0.25, -0.2) is 9.97 Å². The van der Waals surface area contributed by atoms with Gasteiger partial charge < -0.3 is 4.74 Å². The Labute approximate surface area is 118 Å². The maximum atomic E-state index is 6.03. The number of halogens is 1. The molecule has 0 bridgehead atoms. The van der Waals surface area contributed by atoms with E-state index in [1.807, 2.05) is 38.1 Å². The summed E-state index contributed by atoms with van der Waals surface area (Å²) in [5.41, 5.74) is 2.90. The molecule has 4 heteroatoms. The Morgan fingerprint density at radius 1 is 1.00 bits per heavy atom. The molecule has 100 valence electrons. The van der Waals surface area contributed by atoms with E-state index in [2.05, 4.69) is 23.8 Å². The summed E-state index contributed by atoms with van der Waals surface area (Å²) in [4.78, 5) is 8.50. The summed E-state index contributed by atoms with van der Waals surface area (Å²) < 4.78 is 5.67. The first-order chi connectivity index (χ1) is 8.97. The first kappa shape index (κ1) is 13.8. The summed E-state index contributed by atoms with van der Waals surface area (Å²) >= 11 is 6.03. The number of rotatable bonds is 3. The smallest absolute Gasteiger partial charge is 0.257 e. The molecule has 0 radical (unpaired) electrons. The lowest BCUT2D eigenvalue weighted by Gasteiger charge is -2.10. The summed E-state index contributed by atoms with van der Waals surface area (Å²) in [6.45, 7) is 8.06. The quantitative estimate of drug-likeness (QED) is 0.818. The number of aromatic nitrogens is 2. The molecule has 2 rings (SSSR count). The van der Waals surface area contributed by atoms with E-state index in [1.54, 1.807) is 0 Å². The molecule has 0 unspecified atom stereocenters. The fraction of sp³-hybridized carbons (Fsp3) is 0.333. The van der Waals surface area contributed by atoms with Crippen LogP contribution in [-0.4, -0.2) is 9.97 Å². The molecule has 0 aliphatic carbocycles. The lowest BCUT2D eigenvalue weighted by molar-refractivity contribution is 0.458. The van der Waals surface area contributed by atoms with Crippen molar-refractivity contribution in [1.29, 1.82) is 0 Å². The Hall–Kier alpha value is -1.61. The molecule has 3 nitrogen and oxygen atoms in total. The third-order valence-corrected chi connectivity index (χ3v) is 3.24. The van der Waals surface area contributed by atoms with Gasteiger partial charge in [-0.15, -0.1) is 0 Å². The number of hydrogen-bond donors (Lipinski definition) is 0. The predicted octanol–water partition coefficient (Wildman–Crippen LogP) is 4.66. The molecule has 0 N–H and O–H groups in total. The van der Waals surface area contributed by atoms with E-state index in [9.17, 15) is 0 Å². The van der Waals surface area contributed by atoms with Crippen molar-refractivity contribution in [3.63, 3.8) is 0 Å². The van der Waals surface area contributed by atoms with Gasteiger partial charge in [-0.05, 0) is 37.5 Å². The third-order valence-electron chi connectivity index (χ3n) is 3.00. The lowest BCUT2D eigenvalue weighted by atomic mass is 10.0. The zero-order valence-corrected chi connectivity index (χ0v) is 12.3. The van der Waals surface area contributed by atoms with Gasteiger partial charge in [-0.3, -0.25) is 0 Å². The van der Waals surface area contributed by atoms with Crippen LogP contribution in [0.2, 0.25) is 5.15 Å². The van der Waals surface area contributed by atoms with Crippen LogP contribution in [0, 0.1) is 13.8 Å². The van der Waals surface area contributed by atoms with Crippen molar-refractivity contribution in [3.8, 4) is 11.6 Å². The van der Waals surface area contributed by atoms with Gasteiger partial charge in [0.2, 0.25) is 0 Å². The average molecular weight is 277 g/mol. The molecule has 0 saturated carbocycles. The van der Waals surface area contributed by atoms with Gasteiger partial charge in [0, 0.05) is 0 Å². The van der Waals surface area contributed by atoms with Gasteiger partial charge in [0.05, 0.1) is 11.4 Å². The van der Waals surface area contributed by atoms with Crippen LogP contribution in [0.5, 0.6) is 11.6 Å². The topological polar surface area (TPSA) is 35.0 Å². The number of benzene rings is 1. The third kappa shape index (κ3) is 3.24. The Morgan fingerprint density at radius 3 is 2.16 bits per heavy atom. The first-order valence-corrected chi connectivity index (χ1v) is 6.63. The molecule has 0 aliphatic rings. The van der Waals surface area contributed by atoms with Gasteiger partial charge in [0.1, 0.15) is 5.75 Å². The van der Waals surface area contributed by atoms with E-state index < -0.39 is 0 Å².